The number of amides is 1. The molecule has 1 heterocycles. The summed E-state index contributed by atoms with van der Waals surface area (Å²) in [6, 6.07) is 6.30. The molecular formula is C32H33F8NO5S. The fourth-order valence-electron chi connectivity index (χ4n) is 7.51. The Morgan fingerprint density at radius 2 is 1.47 bits per heavy atom. The number of hydrogen-bond acceptors (Lipinski definition) is 4. The van der Waals surface area contributed by atoms with Gasteiger partial charge in [0, 0.05) is 18.0 Å². The quantitative estimate of drug-likeness (QED) is 0.321. The Balaban J connectivity index is 1.62. The van der Waals surface area contributed by atoms with Crippen LogP contribution >= 0.6 is 0 Å². The summed E-state index contributed by atoms with van der Waals surface area (Å²) in [5, 5.41) is 9.23. The van der Waals surface area contributed by atoms with Gasteiger partial charge >= 0.3 is 24.0 Å². The van der Waals surface area contributed by atoms with E-state index in [1.165, 1.54) is 17.0 Å². The Bertz CT molecular complexity index is 1650. The Kier molecular flexibility index (Phi) is 8.54. The van der Waals surface area contributed by atoms with E-state index in [1.807, 2.05) is 13.8 Å². The summed E-state index contributed by atoms with van der Waals surface area (Å²) in [6.45, 7) is 3.62. The average molecular weight is 696 g/mol. The van der Waals surface area contributed by atoms with Gasteiger partial charge in [0.15, 0.2) is 9.84 Å². The highest BCUT2D eigenvalue weighted by molar-refractivity contribution is 7.92. The van der Waals surface area contributed by atoms with Crippen LogP contribution in [-0.2, 0) is 36.3 Å². The van der Waals surface area contributed by atoms with Crippen LogP contribution in [0.3, 0.4) is 0 Å². The van der Waals surface area contributed by atoms with Gasteiger partial charge in [0.25, 0.3) is 0 Å². The van der Waals surface area contributed by atoms with Crippen LogP contribution in [0.4, 0.5) is 35.1 Å². The van der Waals surface area contributed by atoms with Crippen molar-refractivity contribution in [1.82, 2.24) is 4.90 Å². The maximum absolute atomic E-state index is 15.1. The van der Waals surface area contributed by atoms with E-state index in [4.69, 9.17) is 0 Å². The Morgan fingerprint density at radius 3 is 1.98 bits per heavy atom. The summed E-state index contributed by atoms with van der Waals surface area (Å²) in [5.74, 6) is -2.97. The van der Waals surface area contributed by atoms with Crippen LogP contribution < -0.4 is 0 Å². The molecule has 1 saturated heterocycles. The van der Waals surface area contributed by atoms with Crippen LogP contribution in [0, 0.1) is 5.92 Å². The van der Waals surface area contributed by atoms with Crippen molar-refractivity contribution < 1.29 is 58.2 Å². The summed E-state index contributed by atoms with van der Waals surface area (Å²) in [7, 11) is -4.52. The lowest BCUT2D eigenvalue weighted by Gasteiger charge is -2.44. The van der Waals surface area contributed by atoms with Crippen molar-refractivity contribution in [2.24, 2.45) is 5.92 Å². The maximum Gasteiger partial charge on any atom is 0.435 e. The molecule has 258 valence electrons. The molecule has 0 spiro atoms. The average Bonchev–Trinajstić information content (AvgIpc) is 3.41. The lowest BCUT2D eigenvalue weighted by molar-refractivity contribution is -0.348. The first-order chi connectivity index (χ1) is 21.6. The Hall–Kier alpha value is -3.23. The number of aliphatic carboxylic acids is 1. The molecule has 2 aromatic carbocycles. The van der Waals surface area contributed by atoms with Crippen LogP contribution in [0.15, 0.2) is 47.4 Å². The van der Waals surface area contributed by atoms with Crippen molar-refractivity contribution in [2.75, 3.05) is 6.54 Å². The highest BCUT2D eigenvalue weighted by Gasteiger charge is 2.74. The largest absolute Gasteiger partial charge is 0.479 e. The second-order valence-electron chi connectivity index (χ2n) is 13.0. The van der Waals surface area contributed by atoms with Gasteiger partial charge in [-0.1, -0.05) is 44.2 Å². The number of carbonyl (C=O) groups excluding carboxylic acids is 1. The van der Waals surface area contributed by atoms with Crippen molar-refractivity contribution in [2.45, 2.75) is 104 Å². The van der Waals surface area contributed by atoms with Crippen molar-refractivity contribution in [3.05, 3.63) is 64.7 Å². The molecule has 1 amide bonds. The predicted octanol–water partition coefficient (Wildman–Crippen LogP) is 7.30. The number of carboxylic acid groups (broad SMARTS) is 1. The molecule has 2 atom stereocenters. The molecule has 5 rings (SSSR count). The standard InChI is InChI=1S/C32H33F8NO5S/c1-18(2)19-3-7-23(8-4-19)47(45,46)29-15-16-41(26(42)20-11-13-28(33,14-12-20)27(43)44)25(29)10-5-21-17-22(6-9-24(21)29)30(34,31(35,36)37)32(38,39)40/h3-4,6-9,17-18,20,25H,5,10-16H2,1-2H3,(H,43,44). The topological polar surface area (TPSA) is 91.8 Å². The van der Waals surface area contributed by atoms with E-state index in [-0.39, 0.29) is 60.6 Å². The number of carbonyl (C=O) groups is 2. The van der Waals surface area contributed by atoms with E-state index >= 15 is 4.39 Å². The highest BCUT2D eigenvalue weighted by Crippen LogP contribution is 2.57. The molecule has 0 aromatic heterocycles. The molecule has 1 N–H and O–H groups in total. The normalized spacial score (nSPS) is 27.0. The number of fused-ring (bicyclic) bond motifs is 3. The SMILES string of the molecule is CC(C)c1ccc(S(=O)(=O)C23CCN(C(=O)C4CCC(F)(C(=O)O)CC4)C2CCc2cc(C(F)(C(F)(F)F)C(F)(F)F)ccc23)cc1. The summed E-state index contributed by atoms with van der Waals surface area (Å²) in [6.07, 6.45) is -14.5. The third-order valence-corrected chi connectivity index (χ3v) is 12.7. The molecule has 0 bridgehead atoms. The van der Waals surface area contributed by atoms with E-state index in [0.717, 1.165) is 11.6 Å². The molecular weight excluding hydrogens is 662 g/mol. The van der Waals surface area contributed by atoms with Crippen molar-refractivity contribution in [3.63, 3.8) is 0 Å². The van der Waals surface area contributed by atoms with Gasteiger partial charge in [0.05, 0.1) is 10.9 Å². The number of hydrogen-bond donors (Lipinski definition) is 1. The van der Waals surface area contributed by atoms with Crippen LogP contribution in [0.25, 0.3) is 0 Å². The van der Waals surface area contributed by atoms with Crippen molar-refractivity contribution in [1.29, 1.82) is 0 Å². The molecule has 2 unspecified atom stereocenters. The fourth-order valence-corrected chi connectivity index (χ4v) is 9.87. The van der Waals surface area contributed by atoms with Gasteiger partial charge in [0.2, 0.25) is 11.6 Å². The summed E-state index contributed by atoms with van der Waals surface area (Å²) < 4.78 is 139. The molecule has 6 nitrogen and oxygen atoms in total. The number of rotatable bonds is 6. The number of aryl methyl sites for hydroxylation is 1. The number of sulfone groups is 1. The zero-order chi connectivity index (χ0) is 35.0. The highest BCUT2D eigenvalue weighted by atomic mass is 32.2. The first-order valence-electron chi connectivity index (χ1n) is 15.2. The molecule has 1 saturated carbocycles. The first-order valence-corrected chi connectivity index (χ1v) is 16.6. The van der Waals surface area contributed by atoms with Gasteiger partial charge in [-0.25, -0.2) is 22.0 Å². The van der Waals surface area contributed by atoms with E-state index in [2.05, 4.69) is 0 Å². The van der Waals surface area contributed by atoms with Crippen molar-refractivity contribution in [3.8, 4) is 0 Å². The van der Waals surface area contributed by atoms with Crippen molar-refractivity contribution >= 4 is 21.7 Å². The maximum atomic E-state index is 15.1. The Labute approximate surface area is 266 Å². The summed E-state index contributed by atoms with van der Waals surface area (Å²) in [4.78, 5) is 26.4. The van der Waals surface area contributed by atoms with E-state index in [9.17, 15) is 53.8 Å². The molecule has 47 heavy (non-hydrogen) atoms. The molecule has 2 aliphatic carbocycles. The minimum atomic E-state index is -6.37. The predicted molar refractivity (Wildman–Crippen MR) is 153 cm³/mol. The van der Waals surface area contributed by atoms with Gasteiger partial charge in [-0.3, -0.25) is 4.79 Å². The second-order valence-corrected chi connectivity index (χ2v) is 15.2. The number of benzene rings is 2. The van der Waals surface area contributed by atoms with Gasteiger partial charge in [-0.05, 0) is 79.7 Å². The van der Waals surface area contributed by atoms with Gasteiger partial charge in [0.1, 0.15) is 4.75 Å². The van der Waals surface area contributed by atoms with Gasteiger partial charge < -0.3 is 10.0 Å². The van der Waals surface area contributed by atoms with Crippen LogP contribution in [0.1, 0.15) is 80.5 Å². The van der Waals surface area contributed by atoms with E-state index < -0.39 is 80.5 Å². The summed E-state index contributed by atoms with van der Waals surface area (Å²) in [5.41, 5.74) is -9.49. The molecule has 3 aliphatic rings. The van der Waals surface area contributed by atoms with Crippen LogP contribution in [-0.4, -0.2) is 60.9 Å². The van der Waals surface area contributed by atoms with Gasteiger partial charge in [-0.2, -0.15) is 26.3 Å². The fraction of sp³-hybridized carbons (Fsp3) is 0.562. The zero-order valence-electron chi connectivity index (χ0n) is 25.4. The van der Waals surface area contributed by atoms with Gasteiger partial charge in [-0.15, -0.1) is 0 Å². The minimum absolute atomic E-state index is 0.0361. The number of carboxylic acids is 1. The molecule has 2 aromatic rings. The number of alkyl halides is 8. The van der Waals surface area contributed by atoms with Crippen LogP contribution in [0.5, 0.6) is 0 Å². The third kappa shape index (κ3) is 5.30. The lowest BCUT2D eigenvalue weighted by Crippen LogP contribution is -2.54. The molecule has 15 heteroatoms. The van der Waals surface area contributed by atoms with Crippen LogP contribution in [0.2, 0.25) is 0 Å². The molecule has 1 aliphatic heterocycles. The Morgan fingerprint density at radius 1 is 0.894 bits per heavy atom. The van der Waals surface area contributed by atoms with E-state index in [1.54, 1.807) is 12.1 Å². The third-order valence-electron chi connectivity index (χ3n) is 10.2. The second kappa shape index (κ2) is 11.4. The summed E-state index contributed by atoms with van der Waals surface area (Å²) >= 11 is 0. The molecule has 2 fully saturated rings. The monoisotopic (exact) mass is 695 g/mol. The zero-order valence-corrected chi connectivity index (χ0v) is 26.2. The minimum Gasteiger partial charge on any atom is -0.479 e. The number of likely N-dealkylation sites (tertiary alicyclic amines) is 1. The smallest absolute Gasteiger partial charge is 0.435 e. The number of halogens is 8. The lowest BCUT2D eigenvalue weighted by atomic mass is 9.76. The number of nitrogens with zero attached hydrogens (tertiary/aromatic N) is 1. The van der Waals surface area contributed by atoms with E-state index in [0.29, 0.717) is 12.1 Å². The first kappa shape index (κ1) is 35.1. The molecule has 0 radical (unpaired) electrons.